The van der Waals surface area contributed by atoms with Gasteiger partial charge in [0.15, 0.2) is 0 Å². The Bertz CT molecular complexity index is 1070. The summed E-state index contributed by atoms with van der Waals surface area (Å²) >= 11 is 0. The molecule has 3 rings (SSSR count). The van der Waals surface area contributed by atoms with E-state index < -0.39 is 10.0 Å². The van der Waals surface area contributed by atoms with Gasteiger partial charge in [-0.05, 0) is 29.3 Å². The van der Waals surface area contributed by atoms with E-state index in [0.717, 1.165) is 16.9 Å². The lowest BCUT2D eigenvalue weighted by Gasteiger charge is -2.12. The molecule has 0 aliphatic rings. The van der Waals surface area contributed by atoms with E-state index in [2.05, 4.69) is 5.32 Å². The summed E-state index contributed by atoms with van der Waals surface area (Å²) in [5.74, 6) is 0.583. The quantitative estimate of drug-likeness (QED) is 0.558. The molecule has 0 fully saturated rings. The molecule has 0 aliphatic heterocycles. The van der Waals surface area contributed by atoms with E-state index in [1.54, 1.807) is 12.1 Å². The molecule has 0 saturated carbocycles. The molecule has 0 aliphatic carbocycles. The van der Waals surface area contributed by atoms with Gasteiger partial charge in [0.1, 0.15) is 12.4 Å². The highest BCUT2D eigenvalue weighted by atomic mass is 32.2. The second-order valence-corrected chi connectivity index (χ2v) is 7.99. The zero-order valence-electron chi connectivity index (χ0n) is 15.7. The molecular formula is C22H22N2O4S. The van der Waals surface area contributed by atoms with Crippen molar-refractivity contribution in [3.8, 4) is 16.9 Å². The van der Waals surface area contributed by atoms with Crippen LogP contribution in [0.15, 0.2) is 83.8 Å². The monoisotopic (exact) mass is 410 g/mol. The van der Waals surface area contributed by atoms with Crippen molar-refractivity contribution in [2.24, 2.45) is 5.14 Å². The maximum atomic E-state index is 12.1. The summed E-state index contributed by atoms with van der Waals surface area (Å²) in [6, 6.07) is 23.6. The van der Waals surface area contributed by atoms with E-state index in [0.29, 0.717) is 18.7 Å². The van der Waals surface area contributed by atoms with Crippen LogP contribution in [0.1, 0.15) is 5.56 Å². The minimum Gasteiger partial charge on any atom is -0.491 e. The number of primary sulfonamides is 1. The number of hydrogen-bond acceptors (Lipinski definition) is 4. The Hall–Kier alpha value is -3.16. The highest BCUT2D eigenvalue weighted by Crippen LogP contribution is 2.29. The number of para-hydroxylation sites is 1. The Morgan fingerprint density at radius 3 is 2.24 bits per heavy atom. The fourth-order valence-electron chi connectivity index (χ4n) is 2.85. The Morgan fingerprint density at radius 1 is 0.897 bits per heavy atom. The minimum absolute atomic E-state index is 0.0205. The number of nitrogens with two attached hydrogens (primary N) is 1. The van der Waals surface area contributed by atoms with Crippen molar-refractivity contribution in [2.45, 2.75) is 11.3 Å². The summed E-state index contributed by atoms with van der Waals surface area (Å²) in [4.78, 5) is 12.1. The molecule has 0 heterocycles. The van der Waals surface area contributed by atoms with Crippen LogP contribution in [0, 0.1) is 0 Å². The van der Waals surface area contributed by atoms with Crippen LogP contribution in [0.3, 0.4) is 0 Å². The lowest BCUT2D eigenvalue weighted by Crippen LogP contribution is -2.29. The van der Waals surface area contributed by atoms with Gasteiger partial charge in [0.05, 0.1) is 17.9 Å². The molecule has 29 heavy (non-hydrogen) atoms. The average Bonchev–Trinajstić information content (AvgIpc) is 2.72. The zero-order chi connectivity index (χ0) is 20.7. The van der Waals surface area contributed by atoms with Crippen molar-refractivity contribution < 1.29 is 17.9 Å². The molecule has 0 spiro atoms. The van der Waals surface area contributed by atoms with Gasteiger partial charge in [-0.15, -0.1) is 0 Å². The lowest BCUT2D eigenvalue weighted by molar-refractivity contribution is -0.120. The number of ether oxygens (including phenoxy) is 1. The second kappa shape index (κ2) is 9.36. The van der Waals surface area contributed by atoms with E-state index in [4.69, 9.17) is 9.88 Å². The minimum atomic E-state index is -3.73. The normalized spacial score (nSPS) is 11.1. The van der Waals surface area contributed by atoms with E-state index in [1.165, 1.54) is 12.1 Å². The van der Waals surface area contributed by atoms with Gasteiger partial charge in [-0.1, -0.05) is 60.7 Å². The molecule has 3 aromatic carbocycles. The molecule has 0 radical (unpaired) electrons. The summed E-state index contributed by atoms with van der Waals surface area (Å²) in [5, 5.41) is 7.86. The summed E-state index contributed by atoms with van der Waals surface area (Å²) < 4.78 is 28.4. The molecule has 3 N–H and O–H groups in total. The van der Waals surface area contributed by atoms with E-state index in [9.17, 15) is 13.2 Å². The number of hydrogen-bond donors (Lipinski definition) is 2. The summed E-state index contributed by atoms with van der Waals surface area (Å²) in [6.07, 6.45) is 0.144. The third-order valence-corrected chi connectivity index (χ3v) is 5.20. The number of sulfonamides is 1. The van der Waals surface area contributed by atoms with Gasteiger partial charge in [-0.25, -0.2) is 13.6 Å². The van der Waals surface area contributed by atoms with Crippen LogP contribution >= 0.6 is 0 Å². The SMILES string of the molecule is NS(=O)(=O)c1ccc(CC(=O)NCCOc2ccccc2-c2ccccc2)cc1. The number of carbonyl (C=O) groups is 1. The fraction of sp³-hybridized carbons (Fsp3) is 0.136. The number of rotatable bonds is 8. The molecule has 6 nitrogen and oxygen atoms in total. The van der Waals surface area contributed by atoms with Crippen LogP contribution in [0.4, 0.5) is 0 Å². The smallest absolute Gasteiger partial charge is 0.238 e. The summed E-state index contributed by atoms with van der Waals surface area (Å²) in [7, 11) is -3.73. The molecule has 0 atom stereocenters. The van der Waals surface area contributed by atoms with Gasteiger partial charge in [0, 0.05) is 5.56 Å². The van der Waals surface area contributed by atoms with Gasteiger partial charge < -0.3 is 10.1 Å². The Labute approximate surface area is 170 Å². The number of carbonyl (C=O) groups excluding carboxylic acids is 1. The predicted molar refractivity (Wildman–Crippen MR) is 112 cm³/mol. The van der Waals surface area contributed by atoms with Crippen molar-refractivity contribution in [1.29, 1.82) is 0 Å². The zero-order valence-corrected chi connectivity index (χ0v) is 16.6. The highest BCUT2D eigenvalue weighted by molar-refractivity contribution is 7.89. The van der Waals surface area contributed by atoms with E-state index in [-0.39, 0.29) is 17.2 Å². The molecule has 150 valence electrons. The third-order valence-electron chi connectivity index (χ3n) is 4.27. The molecular weight excluding hydrogens is 388 g/mol. The van der Waals surface area contributed by atoms with Crippen LogP contribution in [-0.2, 0) is 21.2 Å². The Kier molecular flexibility index (Phi) is 6.64. The maximum Gasteiger partial charge on any atom is 0.238 e. The topological polar surface area (TPSA) is 98.5 Å². The van der Waals surface area contributed by atoms with Gasteiger partial charge in [0.2, 0.25) is 15.9 Å². The molecule has 0 saturated heterocycles. The van der Waals surface area contributed by atoms with Crippen molar-refractivity contribution in [3.05, 3.63) is 84.4 Å². The molecule has 0 bridgehead atoms. The molecule has 0 unspecified atom stereocenters. The highest BCUT2D eigenvalue weighted by Gasteiger charge is 2.09. The number of nitrogens with one attached hydrogen (secondary N) is 1. The summed E-state index contributed by atoms with van der Waals surface area (Å²) in [6.45, 7) is 0.692. The molecule has 7 heteroatoms. The van der Waals surface area contributed by atoms with E-state index in [1.807, 2.05) is 54.6 Å². The predicted octanol–water partition coefficient (Wildman–Crippen LogP) is 2.74. The van der Waals surface area contributed by atoms with Gasteiger partial charge in [0.25, 0.3) is 0 Å². The van der Waals surface area contributed by atoms with Gasteiger partial charge in [-0.2, -0.15) is 0 Å². The number of benzene rings is 3. The van der Waals surface area contributed by atoms with Gasteiger partial charge in [-0.3, -0.25) is 4.79 Å². The first-order valence-corrected chi connectivity index (χ1v) is 10.6. The molecule has 3 aromatic rings. The van der Waals surface area contributed by atoms with Crippen molar-refractivity contribution in [2.75, 3.05) is 13.2 Å². The molecule has 1 amide bonds. The first-order valence-electron chi connectivity index (χ1n) is 9.09. The van der Waals surface area contributed by atoms with Crippen LogP contribution < -0.4 is 15.2 Å². The maximum absolute atomic E-state index is 12.1. The van der Waals surface area contributed by atoms with E-state index >= 15 is 0 Å². The fourth-order valence-corrected chi connectivity index (χ4v) is 3.36. The second-order valence-electron chi connectivity index (χ2n) is 6.43. The van der Waals surface area contributed by atoms with Crippen LogP contribution in [0.5, 0.6) is 5.75 Å². The first-order chi connectivity index (χ1) is 13.9. The molecule has 0 aromatic heterocycles. The van der Waals surface area contributed by atoms with Crippen molar-refractivity contribution >= 4 is 15.9 Å². The largest absolute Gasteiger partial charge is 0.491 e. The third kappa shape index (κ3) is 5.91. The Morgan fingerprint density at radius 2 is 1.55 bits per heavy atom. The average molecular weight is 410 g/mol. The van der Waals surface area contributed by atoms with Crippen LogP contribution in [-0.4, -0.2) is 27.5 Å². The lowest BCUT2D eigenvalue weighted by atomic mass is 10.1. The van der Waals surface area contributed by atoms with Crippen LogP contribution in [0.2, 0.25) is 0 Å². The van der Waals surface area contributed by atoms with Crippen molar-refractivity contribution in [1.82, 2.24) is 5.32 Å². The Balaban J connectivity index is 1.49. The first kappa shape index (κ1) is 20.6. The number of amides is 1. The van der Waals surface area contributed by atoms with Gasteiger partial charge >= 0.3 is 0 Å². The van der Waals surface area contributed by atoms with Crippen molar-refractivity contribution in [3.63, 3.8) is 0 Å². The van der Waals surface area contributed by atoms with Crippen LogP contribution in [0.25, 0.3) is 11.1 Å². The standard InChI is InChI=1S/C22H22N2O4S/c23-29(26,27)19-12-10-17(11-13-19)16-22(25)24-14-15-28-21-9-5-4-8-20(21)18-6-2-1-3-7-18/h1-13H,14-16H2,(H,24,25)(H2,23,26,27). The summed E-state index contributed by atoms with van der Waals surface area (Å²) in [5.41, 5.74) is 2.76.